The fourth-order valence-electron chi connectivity index (χ4n) is 2.16. The summed E-state index contributed by atoms with van der Waals surface area (Å²) in [6.07, 6.45) is 7.45. The average molecular weight is 300 g/mol. The Morgan fingerprint density at radius 1 is 1.45 bits per heavy atom. The number of nitrogens with one attached hydrogen (secondary N) is 2. The smallest absolute Gasteiger partial charge is 0.243 e. The van der Waals surface area contributed by atoms with Gasteiger partial charge in [0.1, 0.15) is 4.90 Å². The molecule has 1 saturated carbocycles. The molecule has 114 valence electrons. The Bertz CT molecular complexity index is 508. The number of rotatable bonds is 9. The molecule has 0 aliphatic heterocycles. The van der Waals surface area contributed by atoms with Crippen molar-refractivity contribution in [3.05, 3.63) is 12.4 Å². The number of aromatic nitrogens is 2. The second kappa shape index (κ2) is 7.19. The molecule has 0 radical (unpaired) electrons. The lowest BCUT2D eigenvalue weighted by Crippen LogP contribution is -2.32. The highest BCUT2D eigenvalue weighted by molar-refractivity contribution is 7.89. The van der Waals surface area contributed by atoms with E-state index in [9.17, 15) is 8.42 Å². The highest BCUT2D eigenvalue weighted by atomic mass is 32.2. The van der Waals surface area contributed by atoms with Gasteiger partial charge in [-0.2, -0.15) is 5.10 Å². The van der Waals surface area contributed by atoms with Crippen LogP contribution in [0.2, 0.25) is 0 Å². The summed E-state index contributed by atoms with van der Waals surface area (Å²) < 4.78 is 28.5. The summed E-state index contributed by atoms with van der Waals surface area (Å²) in [5, 5.41) is 7.34. The second-order valence-corrected chi connectivity index (χ2v) is 7.06. The van der Waals surface area contributed by atoms with Crippen LogP contribution in [0.4, 0.5) is 0 Å². The lowest BCUT2D eigenvalue weighted by molar-refractivity contribution is 0.316. The van der Waals surface area contributed by atoms with Crippen LogP contribution in [-0.4, -0.2) is 37.8 Å². The van der Waals surface area contributed by atoms with Crippen molar-refractivity contribution < 1.29 is 8.42 Å². The minimum absolute atomic E-state index is 0.264. The maximum atomic E-state index is 12.1. The topological polar surface area (TPSA) is 76.0 Å². The molecule has 0 saturated heterocycles. The second-order valence-electron chi connectivity index (χ2n) is 5.30. The predicted octanol–water partition coefficient (Wildman–Crippen LogP) is 0.961. The van der Waals surface area contributed by atoms with Crippen LogP contribution < -0.4 is 10.0 Å². The molecule has 20 heavy (non-hydrogen) atoms. The van der Waals surface area contributed by atoms with Gasteiger partial charge in [-0.1, -0.05) is 13.3 Å². The van der Waals surface area contributed by atoms with Crippen molar-refractivity contribution in [3.63, 3.8) is 0 Å². The molecular formula is C13H24N4O2S. The number of hydrogen-bond acceptors (Lipinski definition) is 4. The van der Waals surface area contributed by atoms with Crippen molar-refractivity contribution in [2.45, 2.75) is 44.0 Å². The van der Waals surface area contributed by atoms with E-state index in [-0.39, 0.29) is 4.90 Å². The van der Waals surface area contributed by atoms with Crippen LogP contribution >= 0.6 is 0 Å². The van der Waals surface area contributed by atoms with Gasteiger partial charge in [0.05, 0.1) is 6.20 Å². The van der Waals surface area contributed by atoms with Crippen LogP contribution in [0.3, 0.4) is 0 Å². The molecular weight excluding hydrogens is 276 g/mol. The minimum atomic E-state index is -3.39. The van der Waals surface area contributed by atoms with Crippen LogP contribution in [0.1, 0.15) is 32.6 Å². The van der Waals surface area contributed by atoms with E-state index >= 15 is 0 Å². The van der Waals surface area contributed by atoms with Crippen molar-refractivity contribution in [1.82, 2.24) is 19.8 Å². The molecule has 6 nitrogen and oxygen atoms in total. The fourth-order valence-corrected chi connectivity index (χ4v) is 3.22. The highest BCUT2D eigenvalue weighted by Crippen LogP contribution is 2.25. The Morgan fingerprint density at radius 3 is 2.90 bits per heavy atom. The first-order valence-corrected chi connectivity index (χ1v) is 8.83. The van der Waals surface area contributed by atoms with Gasteiger partial charge >= 0.3 is 0 Å². The zero-order valence-electron chi connectivity index (χ0n) is 12.0. The van der Waals surface area contributed by atoms with Crippen LogP contribution in [0.25, 0.3) is 0 Å². The molecule has 2 rings (SSSR count). The van der Waals surface area contributed by atoms with Crippen molar-refractivity contribution in [1.29, 1.82) is 0 Å². The van der Waals surface area contributed by atoms with E-state index < -0.39 is 10.0 Å². The SMILES string of the molecule is CCNCCCn1cc(S(=O)(=O)NCC2CCC2)cn1. The summed E-state index contributed by atoms with van der Waals surface area (Å²) in [6, 6.07) is 0. The van der Waals surface area contributed by atoms with Gasteiger partial charge in [-0.25, -0.2) is 13.1 Å². The fraction of sp³-hybridized carbons (Fsp3) is 0.769. The van der Waals surface area contributed by atoms with E-state index in [1.807, 2.05) is 0 Å². The van der Waals surface area contributed by atoms with Gasteiger partial charge in [-0.15, -0.1) is 0 Å². The molecule has 0 amide bonds. The molecule has 0 atom stereocenters. The molecule has 1 aliphatic rings. The normalized spacial score (nSPS) is 16.2. The molecule has 0 aromatic carbocycles. The van der Waals surface area contributed by atoms with Crippen molar-refractivity contribution in [2.75, 3.05) is 19.6 Å². The van der Waals surface area contributed by atoms with Gasteiger partial charge in [0.25, 0.3) is 0 Å². The summed E-state index contributed by atoms with van der Waals surface area (Å²) in [4.78, 5) is 0.264. The van der Waals surface area contributed by atoms with Crippen molar-refractivity contribution in [3.8, 4) is 0 Å². The monoisotopic (exact) mass is 300 g/mol. The zero-order valence-corrected chi connectivity index (χ0v) is 12.8. The van der Waals surface area contributed by atoms with E-state index in [2.05, 4.69) is 22.1 Å². The first-order chi connectivity index (χ1) is 9.62. The maximum Gasteiger partial charge on any atom is 0.243 e. The molecule has 2 N–H and O–H groups in total. The Hall–Kier alpha value is -0.920. The lowest BCUT2D eigenvalue weighted by Gasteiger charge is -2.25. The van der Waals surface area contributed by atoms with Gasteiger partial charge in [-0.3, -0.25) is 4.68 Å². The molecule has 1 heterocycles. The van der Waals surface area contributed by atoms with Gasteiger partial charge in [-0.05, 0) is 38.3 Å². The number of hydrogen-bond donors (Lipinski definition) is 2. The molecule has 1 aromatic rings. The predicted molar refractivity (Wildman–Crippen MR) is 77.9 cm³/mol. The van der Waals surface area contributed by atoms with Crippen LogP contribution in [0, 0.1) is 5.92 Å². The molecule has 1 aliphatic carbocycles. The average Bonchev–Trinajstić information content (AvgIpc) is 2.82. The maximum absolute atomic E-state index is 12.1. The number of aryl methyl sites for hydroxylation is 1. The molecule has 0 bridgehead atoms. The molecule has 1 fully saturated rings. The first-order valence-electron chi connectivity index (χ1n) is 7.34. The summed E-state index contributed by atoms with van der Waals surface area (Å²) in [7, 11) is -3.39. The van der Waals surface area contributed by atoms with Gasteiger partial charge in [0.15, 0.2) is 0 Å². The largest absolute Gasteiger partial charge is 0.317 e. The Labute approximate surface area is 121 Å². The van der Waals surface area contributed by atoms with Crippen molar-refractivity contribution in [2.24, 2.45) is 5.92 Å². The molecule has 7 heteroatoms. The van der Waals surface area contributed by atoms with E-state index in [0.29, 0.717) is 12.5 Å². The lowest BCUT2D eigenvalue weighted by atomic mass is 9.86. The zero-order chi connectivity index (χ0) is 14.4. The summed E-state index contributed by atoms with van der Waals surface area (Å²) in [5.74, 6) is 0.514. The minimum Gasteiger partial charge on any atom is -0.317 e. The highest BCUT2D eigenvalue weighted by Gasteiger charge is 2.22. The molecule has 0 unspecified atom stereocenters. The standard InChI is InChI=1S/C13H24N4O2S/c1-2-14-7-4-8-17-11-13(10-15-17)20(18,19)16-9-12-5-3-6-12/h10-12,14,16H,2-9H2,1H3. The molecule has 1 aromatic heterocycles. The first kappa shape index (κ1) is 15.5. The van der Waals surface area contributed by atoms with Crippen LogP contribution in [0.15, 0.2) is 17.3 Å². The third-order valence-electron chi connectivity index (χ3n) is 3.70. The Balaban J connectivity index is 1.82. The third-order valence-corrected chi connectivity index (χ3v) is 5.08. The van der Waals surface area contributed by atoms with E-state index in [1.54, 1.807) is 10.9 Å². The van der Waals surface area contributed by atoms with Crippen molar-refractivity contribution >= 4 is 10.0 Å². The third kappa shape index (κ3) is 4.29. The summed E-state index contributed by atoms with van der Waals surface area (Å²) in [6.45, 7) is 5.20. The number of nitrogens with zero attached hydrogens (tertiary/aromatic N) is 2. The Kier molecular flexibility index (Phi) is 5.56. The Morgan fingerprint density at radius 2 is 2.25 bits per heavy atom. The van der Waals surface area contributed by atoms with Crippen LogP contribution in [0.5, 0.6) is 0 Å². The van der Waals surface area contributed by atoms with E-state index in [1.165, 1.54) is 12.6 Å². The van der Waals surface area contributed by atoms with Gasteiger partial charge in [0.2, 0.25) is 10.0 Å². The summed E-state index contributed by atoms with van der Waals surface area (Å²) in [5.41, 5.74) is 0. The summed E-state index contributed by atoms with van der Waals surface area (Å²) >= 11 is 0. The molecule has 0 spiro atoms. The van der Waals surface area contributed by atoms with E-state index in [0.717, 1.165) is 38.9 Å². The van der Waals surface area contributed by atoms with Gasteiger partial charge in [0, 0.05) is 19.3 Å². The van der Waals surface area contributed by atoms with Crippen LogP contribution in [-0.2, 0) is 16.6 Å². The van der Waals surface area contributed by atoms with Gasteiger partial charge < -0.3 is 5.32 Å². The van der Waals surface area contributed by atoms with E-state index in [4.69, 9.17) is 0 Å². The number of sulfonamides is 1. The quantitative estimate of drug-likeness (QED) is 0.666.